The summed E-state index contributed by atoms with van der Waals surface area (Å²) in [6.07, 6.45) is 1.07. The summed E-state index contributed by atoms with van der Waals surface area (Å²) in [6.45, 7) is 3.07. The molecule has 0 spiro atoms. The van der Waals surface area contributed by atoms with Crippen LogP contribution in [0.3, 0.4) is 0 Å². The molecular weight excluding hydrogens is 185 g/mol. The summed E-state index contributed by atoms with van der Waals surface area (Å²) in [5, 5.41) is 5.62. The maximum atomic E-state index is 11.0. The van der Waals surface area contributed by atoms with Gasteiger partial charge >= 0.3 is 0 Å². The zero-order valence-corrected chi connectivity index (χ0v) is 9.62. The summed E-state index contributed by atoms with van der Waals surface area (Å²) < 4.78 is 0. The molecular formula is C8H20N3OP. The van der Waals surface area contributed by atoms with Gasteiger partial charge in [-0.05, 0) is 20.3 Å². The third kappa shape index (κ3) is 8.16. The Bertz CT molecular complexity index is 143. The Morgan fingerprint density at radius 2 is 2.15 bits per heavy atom. The molecule has 0 aromatic rings. The van der Waals surface area contributed by atoms with E-state index in [1.54, 1.807) is 7.05 Å². The van der Waals surface area contributed by atoms with Crippen LogP contribution < -0.4 is 10.6 Å². The molecule has 0 aromatic heterocycles. The first-order valence-corrected chi connectivity index (χ1v) is 5.32. The second-order valence-corrected chi connectivity index (χ2v) is 3.55. The number of hydrogen-bond acceptors (Lipinski definition) is 3. The van der Waals surface area contributed by atoms with E-state index in [-0.39, 0.29) is 5.91 Å². The molecule has 78 valence electrons. The van der Waals surface area contributed by atoms with E-state index in [0.717, 1.165) is 25.8 Å². The fourth-order valence-electron chi connectivity index (χ4n) is 0.941. The van der Waals surface area contributed by atoms with Crippen LogP contribution in [0.15, 0.2) is 0 Å². The smallest absolute Gasteiger partial charge is 0.233 e. The number of carbonyl (C=O) groups is 1. The van der Waals surface area contributed by atoms with Gasteiger partial charge in [0.05, 0.1) is 6.54 Å². The van der Waals surface area contributed by atoms with Crippen molar-refractivity contribution in [3.63, 3.8) is 0 Å². The lowest BCUT2D eigenvalue weighted by Gasteiger charge is -2.15. The van der Waals surface area contributed by atoms with E-state index in [9.17, 15) is 4.79 Å². The third-order valence-corrected chi connectivity index (χ3v) is 1.92. The van der Waals surface area contributed by atoms with Crippen LogP contribution in [0, 0.1) is 0 Å². The number of rotatable bonds is 7. The monoisotopic (exact) mass is 205 g/mol. The molecule has 2 N–H and O–H groups in total. The number of nitrogens with zero attached hydrogens (tertiary/aromatic N) is 1. The summed E-state index contributed by atoms with van der Waals surface area (Å²) in [6, 6.07) is 0. The molecule has 0 aliphatic heterocycles. The van der Waals surface area contributed by atoms with Crippen LogP contribution in [-0.2, 0) is 4.79 Å². The first-order chi connectivity index (χ1) is 6.20. The molecule has 0 fully saturated rings. The molecule has 1 atom stereocenters. The molecule has 5 heteroatoms. The Hall–Kier alpha value is -0.180. The predicted octanol–water partition coefficient (Wildman–Crippen LogP) is -0.871. The highest BCUT2D eigenvalue weighted by molar-refractivity contribution is 7.16. The lowest BCUT2D eigenvalue weighted by molar-refractivity contribution is -0.120. The number of hydrogen-bond donors (Lipinski definition) is 2. The van der Waals surface area contributed by atoms with E-state index in [4.69, 9.17) is 0 Å². The van der Waals surface area contributed by atoms with Gasteiger partial charge in [-0.1, -0.05) is 0 Å². The van der Waals surface area contributed by atoms with Gasteiger partial charge in [0.1, 0.15) is 0 Å². The van der Waals surface area contributed by atoms with Gasteiger partial charge in [-0.15, -0.1) is 9.24 Å². The van der Waals surface area contributed by atoms with E-state index in [2.05, 4.69) is 24.8 Å². The van der Waals surface area contributed by atoms with Crippen molar-refractivity contribution in [3.8, 4) is 0 Å². The van der Waals surface area contributed by atoms with Crippen LogP contribution in [0.5, 0.6) is 0 Å². The molecule has 0 rings (SSSR count). The first-order valence-electron chi connectivity index (χ1n) is 4.50. The average Bonchev–Trinajstić information content (AvgIpc) is 2.05. The van der Waals surface area contributed by atoms with Crippen LogP contribution in [-0.4, -0.2) is 57.2 Å². The van der Waals surface area contributed by atoms with Gasteiger partial charge in [-0.2, -0.15) is 0 Å². The Kier molecular flexibility index (Phi) is 8.30. The summed E-state index contributed by atoms with van der Waals surface area (Å²) in [7, 11) is 6.50. The van der Waals surface area contributed by atoms with E-state index in [1.165, 1.54) is 0 Å². The third-order valence-electron chi connectivity index (χ3n) is 1.66. The zero-order valence-electron chi connectivity index (χ0n) is 8.47. The Balaban J connectivity index is 3.28. The van der Waals surface area contributed by atoms with Gasteiger partial charge in [-0.25, -0.2) is 0 Å². The standard InChI is InChI=1S/C8H20N3OP/c1-9-7-8(12)10-3-4-11(2)5-6-13/h9H,3-7,13H2,1-2H3,(H,10,12). The first kappa shape index (κ1) is 12.8. The largest absolute Gasteiger partial charge is 0.354 e. The minimum absolute atomic E-state index is 0.0572. The number of carbonyl (C=O) groups excluding carboxylic acids is 1. The van der Waals surface area contributed by atoms with Crippen molar-refractivity contribution in [2.45, 2.75) is 0 Å². The number of amides is 1. The van der Waals surface area contributed by atoms with Crippen molar-refractivity contribution in [1.29, 1.82) is 0 Å². The van der Waals surface area contributed by atoms with E-state index < -0.39 is 0 Å². The highest BCUT2D eigenvalue weighted by Gasteiger charge is 1.99. The van der Waals surface area contributed by atoms with E-state index in [0.29, 0.717) is 6.54 Å². The molecule has 0 aliphatic rings. The molecule has 0 saturated carbocycles. The molecule has 0 aromatic carbocycles. The zero-order chi connectivity index (χ0) is 10.1. The molecule has 4 nitrogen and oxygen atoms in total. The van der Waals surface area contributed by atoms with Gasteiger partial charge in [0.15, 0.2) is 0 Å². The lowest BCUT2D eigenvalue weighted by Crippen LogP contribution is -2.37. The highest BCUT2D eigenvalue weighted by Crippen LogP contribution is 1.85. The van der Waals surface area contributed by atoms with Crippen molar-refractivity contribution in [1.82, 2.24) is 15.5 Å². The van der Waals surface area contributed by atoms with Gasteiger partial charge in [0, 0.05) is 19.6 Å². The molecule has 13 heavy (non-hydrogen) atoms. The number of likely N-dealkylation sites (N-methyl/N-ethyl adjacent to an activating group) is 2. The van der Waals surface area contributed by atoms with Gasteiger partial charge < -0.3 is 15.5 Å². The van der Waals surface area contributed by atoms with Crippen LogP contribution in [0.25, 0.3) is 0 Å². The van der Waals surface area contributed by atoms with Gasteiger partial charge in [-0.3, -0.25) is 4.79 Å². The summed E-state index contributed by atoms with van der Waals surface area (Å²) in [5.41, 5.74) is 0. The van der Waals surface area contributed by atoms with E-state index in [1.807, 2.05) is 7.05 Å². The molecule has 0 saturated heterocycles. The van der Waals surface area contributed by atoms with Gasteiger partial charge in [0.25, 0.3) is 0 Å². The topological polar surface area (TPSA) is 44.4 Å². The Morgan fingerprint density at radius 1 is 1.46 bits per heavy atom. The SMILES string of the molecule is CNCC(=O)NCCN(C)CCP. The van der Waals surface area contributed by atoms with Crippen LogP contribution in [0.4, 0.5) is 0 Å². The Labute approximate surface area is 82.6 Å². The second kappa shape index (κ2) is 8.42. The van der Waals surface area contributed by atoms with Crippen LogP contribution in [0.2, 0.25) is 0 Å². The van der Waals surface area contributed by atoms with Crippen LogP contribution >= 0.6 is 9.24 Å². The van der Waals surface area contributed by atoms with Crippen molar-refractivity contribution < 1.29 is 4.79 Å². The molecule has 1 amide bonds. The van der Waals surface area contributed by atoms with Crippen molar-refractivity contribution >= 4 is 15.1 Å². The molecule has 0 bridgehead atoms. The highest BCUT2D eigenvalue weighted by atomic mass is 31.0. The second-order valence-electron chi connectivity index (χ2n) is 2.97. The molecule has 0 heterocycles. The minimum atomic E-state index is 0.0572. The lowest BCUT2D eigenvalue weighted by atomic mass is 10.5. The molecule has 0 radical (unpaired) electrons. The van der Waals surface area contributed by atoms with Gasteiger partial charge in [0.2, 0.25) is 5.91 Å². The quantitative estimate of drug-likeness (QED) is 0.531. The van der Waals surface area contributed by atoms with Crippen LogP contribution in [0.1, 0.15) is 0 Å². The normalized spacial score (nSPS) is 10.5. The molecule has 1 unspecified atom stereocenters. The van der Waals surface area contributed by atoms with E-state index >= 15 is 0 Å². The Morgan fingerprint density at radius 3 is 2.69 bits per heavy atom. The average molecular weight is 205 g/mol. The maximum Gasteiger partial charge on any atom is 0.233 e. The van der Waals surface area contributed by atoms with Crippen molar-refractivity contribution in [2.24, 2.45) is 0 Å². The maximum absolute atomic E-state index is 11.0. The van der Waals surface area contributed by atoms with Crippen molar-refractivity contribution in [3.05, 3.63) is 0 Å². The summed E-state index contributed by atoms with van der Waals surface area (Å²) in [4.78, 5) is 13.2. The minimum Gasteiger partial charge on any atom is -0.354 e. The summed E-state index contributed by atoms with van der Waals surface area (Å²) in [5.74, 6) is 0.0572. The predicted molar refractivity (Wildman–Crippen MR) is 59.0 cm³/mol. The fraction of sp³-hybridized carbons (Fsp3) is 0.875. The summed E-state index contributed by atoms with van der Waals surface area (Å²) >= 11 is 0. The van der Waals surface area contributed by atoms with Crippen molar-refractivity contribution in [2.75, 3.05) is 46.4 Å². The molecule has 0 aliphatic carbocycles. The number of nitrogens with one attached hydrogen (secondary N) is 2. The fourth-order valence-corrected chi connectivity index (χ4v) is 1.38.